The van der Waals surface area contributed by atoms with Crippen molar-refractivity contribution in [3.8, 4) is 5.13 Å². The van der Waals surface area contributed by atoms with Crippen molar-refractivity contribution in [1.29, 1.82) is 0 Å². The third kappa shape index (κ3) is 5.17. The number of thiazole rings is 1. The van der Waals surface area contributed by atoms with E-state index < -0.39 is 5.60 Å². The van der Waals surface area contributed by atoms with Gasteiger partial charge in [-0.3, -0.25) is 9.69 Å². The van der Waals surface area contributed by atoms with Crippen molar-refractivity contribution in [1.82, 2.24) is 19.7 Å². The number of amides is 2. The molecule has 0 atom stereocenters. The molecule has 4 aromatic rings. The lowest BCUT2D eigenvalue weighted by molar-refractivity contribution is -0.441. The first-order valence-electron chi connectivity index (χ1n) is 11.9. The molecular weight excluding hydrogens is 490 g/mol. The average molecular weight is 519 g/mol. The first-order chi connectivity index (χ1) is 17.7. The number of rotatable bonds is 4. The molecule has 0 saturated heterocycles. The quantitative estimate of drug-likeness (QED) is 0.389. The minimum absolute atomic E-state index is 0.284. The molecule has 1 aliphatic heterocycles. The number of carbonyl (C=O) groups excluding carboxylic acids is 2. The number of nitrogens with one attached hydrogen (secondary N) is 1. The van der Waals surface area contributed by atoms with E-state index in [0.717, 1.165) is 16.6 Å². The fourth-order valence-corrected chi connectivity index (χ4v) is 4.80. The maximum atomic E-state index is 13.1. The second-order valence-electron chi connectivity index (χ2n) is 9.60. The summed E-state index contributed by atoms with van der Waals surface area (Å²) in [6, 6.07) is 15.2. The van der Waals surface area contributed by atoms with Crippen LogP contribution in [0.2, 0.25) is 0 Å². The lowest BCUT2D eigenvalue weighted by atomic mass is 10.2. The van der Waals surface area contributed by atoms with Gasteiger partial charge in [0.25, 0.3) is 5.91 Å². The fraction of sp³-hybridized carbons (Fsp3) is 0.269. The summed E-state index contributed by atoms with van der Waals surface area (Å²) in [4.78, 5) is 31.7. The molecular formula is C26H28N7O3S+. The smallest absolute Gasteiger partial charge is 0.411 e. The van der Waals surface area contributed by atoms with E-state index in [2.05, 4.69) is 15.4 Å². The molecule has 2 amide bonds. The zero-order chi connectivity index (χ0) is 26.2. The van der Waals surface area contributed by atoms with Crippen LogP contribution in [0, 0.1) is 0 Å². The number of ether oxygens (including phenoxy) is 1. The fourth-order valence-electron chi connectivity index (χ4n) is 4.04. The second kappa shape index (κ2) is 9.66. The maximum absolute atomic E-state index is 13.1. The minimum Gasteiger partial charge on any atom is -0.444 e. The van der Waals surface area contributed by atoms with Crippen molar-refractivity contribution in [3.05, 3.63) is 59.6 Å². The molecule has 0 aliphatic carbocycles. The van der Waals surface area contributed by atoms with Gasteiger partial charge in [0, 0.05) is 16.8 Å². The van der Waals surface area contributed by atoms with Crippen molar-refractivity contribution in [3.63, 3.8) is 0 Å². The van der Waals surface area contributed by atoms with Crippen molar-refractivity contribution < 1.29 is 18.9 Å². The lowest BCUT2D eigenvalue weighted by Crippen LogP contribution is -2.44. The van der Waals surface area contributed by atoms with Gasteiger partial charge in [0.15, 0.2) is 18.6 Å². The van der Waals surface area contributed by atoms with Crippen LogP contribution in [0.3, 0.4) is 0 Å². The van der Waals surface area contributed by atoms with Crippen LogP contribution in [0.25, 0.3) is 16.0 Å². The van der Waals surface area contributed by atoms with Gasteiger partial charge in [-0.05, 0) is 39.0 Å². The Morgan fingerprint density at radius 1 is 1.14 bits per heavy atom. The molecule has 190 valence electrons. The van der Waals surface area contributed by atoms with E-state index >= 15 is 0 Å². The molecule has 37 heavy (non-hydrogen) atoms. The van der Waals surface area contributed by atoms with E-state index in [0.29, 0.717) is 36.3 Å². The number of nitrogen functional groups attached to an aromatic ring is 1. The van der Waals surface area contributed by atoms with Crippen LogP contribution >= 0.6 is 11.3 Å². The SMILES string of the molecule is CC(C)(C)OC(=O)N1CC=[N+](c2ccccc2NC(=O)c2csc(-n3nc(N)c4ccccc43)n2)CC1. The molecule has 0 saturated carbocycles. The number of benzene rings is 2. The summed E-state index contributed by atoms with van der Waals surface area (Å²) in [6.45, 7) is 7.03. The normalized spacial score (nSPS) is 13.9. The highest BCUT2D eigenvalue weighted by Gasteiger charge is 2.28. The van der Waals surface area contributed by atoms with E-state index in [4.69, 9.17) is 10.5 Å². The summed E-state index contributed by atoms with van der Waals surface area (Å²) in [5.74, 6) is 0.0838. The Bertz CT molecular complexity index is 1520. The van der Waals surface area contributed by atoms with E-state index in [1.807, 2.05) is 80.1 Å². The Morgan fingerprint density at radius 3 is 2.65 bits per heavy atom. The predicted octanol–water partition coefficient (Wildman–Crippen LogP) is 4.28. The number of nitrogens with two attached hydrogens (primary N) is 1. The van der Waals surface area contributed by atoms with Crippen LogP contribution in [-0.4, -0.2) is 67.7 Å². The van der Waals surface area contributed by atoms with E-state index in [-0.39, 0.29) is 17.7 Å². The van der Waals surface area contributed by atoms with Crippen LogP contribution in [-0.2, 0) is 4.74 Å². The number of hydrogen-bond acceptors (Lipinski definition) is 7. The molecule has 2 aromatic carbocycles. The van der Waals surface area contributed by atoms with Crippen molar-refractivity contribution in [2.75, 3.05) is 30.7 Å². The summed E-state index contributed by atoms with van der Waals surface area (Å²) in [7, 11) is 0. The molecule has 0 spiro atoms. The molecule has 3 heterocycles. The Hall–Kier alpha value is -4.25. The van der Waals surface area contributed by atoms with Gasteiger partial charge >= 0.3 is 6.09 Å². The molecule has 0 fully saturated rings. The van der Waals surface area contributed by atoms with Gasteiger partial charge in [0.05, 0.1) is 12.1 Å². The average Bonchev–Trinajstić information content (AvgIpc) is 3.49. The third-order valence-corrected chi connectivity index (χ3v) is 6.58. The molecule has 0 bridgehead atoms. The molecule has 1 aliphatic rings. The largest absolute Gasteiger partial charge is 0.444 e. The predicted molar refractivity (Wildman–Crippen MR) is 144 cm³/mol. The van der Waals surface area contributed by atoms with E-state index in [1.165, 1.54) is 11.3 Å². The highest BCUT2D eigenvalue weighted by Crippen LogP contribution is 2.28. The highest BCUT2D eigenvalue weighted by atomic mass is 32.1. The van der Waals surface area contributed by atoms with Gasteiger partial charge in [-0.1, -0.05) is 24.3 Å². The van der Waals surface area contributed by atoms with Gasteiger partial charge < -0.3 is 15.8 Å². The first-order valence-corrected chi connectivity index (χ1v) is 12.7. The second-order valence-corrected chi connectivity index (χ2v) is 10.4. The van der Waals surface area contributed by atoms with Crippen LogP contribution in [0.15, 0.2) is 53.9 Å². The molecule has 0 radical (unpaired) electrons. The molecule has 11 heteroatoms. The Balaban J connectivity index is 1.32. The van der Waals surface area contributed by atoms with Crippen molar-refractivity contribution in [2.45, 2.75) is 26.4 Å². The number of para-hydroxylation sites is 3. The van der Waals surface area contributed by atoms with Crippen LogP contribution in [0.5, 0.6) is 0 Å². The van der Waals surface area contributed by atoms with Gasteiger partial charge in [-0.15, -0.1) is 16.4 Å². The summed E-state index contributed by atoms with van der Waals surface area (Å²) in [5, 5.41) is 10.5. The topological polar surface area (TPSA) is 118 Å². The zero-order valence-electron chi connectivity index (χ0n) is 20.8. The number of nitrogens with zero attached hydrogens (tertiary/aromatic N) is 5. The van der Waals surface area contributed by atoms with Crippen molar-refractivity contribution >= 4 is 57.6 Å². The third-order valence-electron chi connectivity index (χ3n) is 5.77. The number of carbonyl (C=O) groups is 2. The Morgan fingerprint density at radius 2 is 1.89 bits per heavy atom. The molecule has 0 unspecified atom stereocenters. The summed E-state index contributed by atoms with van der Waals surface area (Å²) >= 11 is 1.32. The molecule has 10 nitrogen and oxygen atoms in total. The standard InChI is InChI=1S/C26H27N7O3S/c1-26(2,3)36-25(35)32-14-12-31(13-15-32)21-11-7-5-9-18(21)28-23(34)19-16-37-24(29-19)33-20-10-6-4-8-17(20)22(27)30-33/h4-12,16H,13-15H2,1-3H3,(H2-,27,28,30,34)/p+1. The van der Waals surface area contributed by atoms with Gasteiger partial charge in [-0.2, -0.15) is 4.58 Å². The number of aromatic nitrogens is 3. The molecule has 5 rings (SSSR count). The van der Waals surface area contributed by atoms with Crippen LogP contribution < -0.4 is 11.1 Å². The zero-order valence-corrected chi connectivity index (χ0v) is 21.7. The van der Waals surface area contributed by atoms with Gasteiger partial charge in [0.2, 0.25) is 10.8 Å². The van der Waals surface area contributed by atoms with Crippen molar-refractivity contribution in [2.24, 2.45) is 0 Å². The monoisotopic (exact) mass is 518 g/mol. The maximum Gasteiger partial charge on any atom is 0.411 e. The Kier molecular flexibility index (Phi) is 6.38. The Labute approximate surface area is 218 Å². The molecule has 2 aromatic heterocycles. The molecule has 3 N–H and O–H groups in total. The summed E-state index contributed by atoms with van der Waals surface area (Å²) in [5.41, 5.74) is 8.10. The van der Waals surface area contributed by atoms with Gasteiger partial charge in [0.1, 0.15) is 23.5 Å². The first kappa shape index (κ1) is 24.4. The number of fused-ring (bicyclic) bond motifs is 1. The van der Waals surface area contributed by atoms with Crippen LogP contribution in [0.4, 0.5) is 22.0 Å². The number of anilines is 2. The van der Waals surface area contributed by atoms with E-state index in [9.17, 15) is 9.59 Å². The lowest BCUT2D eigenvalue weighted by Gasteiger charge is -2.27. The highest BCUT2D eigenvalue weighted by molar-refractivity contribution is 7.12. The summed E-state index contributed by atoms with van der Waals surface area (Å²) < 4.78 is 9.16. The van der Waals surface area contributed by atoms with Gasteiger partial charge in [-0.25, -0.2) is 14.5 Å². The number of hydrogen-bond donors (Lipinski definition) is 2. The van der Waals surface area contributed by atoms with E-state index in [1.54, 1.807) is 15.0 Å². The summed E-state index contributed by atoms with van der Waals surface area (Å²) in [6.07, 6.45) is 1.59. The minimum atomic E-state index is -0.544. The van der Waals surface area contributed by atoms with Crippen LogP contribution in [0.1, 0.15) is 31.3 Å².